The van der Waals surface area contributed by atoms with Crippen LogP contribution < -0.4 is 0 Å². The summed E-state index contributed by atoms with van der Waals surface area (Å²) in [7, 11) is 0. The highest BCUT2D eigenvalue weighted by molar-refractivity contribution is 5.33. The summed E-state index contributed by atoms with van der Waals surface area (Å²) < 4.78 is 5.79. The highest BCUT2D eigenvalue weighted by Gasteiger charge is 2.13. The molecule has 22 heavy (non-hydrogen) atoms. The Hall–Kier alpha value is -1.50. The van der Waals surface area contributed by atoms with Gasteiger partial charge in [0, 0.05) is 6.42 Å². The SMILES string of the molecule is CCCCCCC=C1CCCC1=COCCc1ccccc1. The van der Waals surface area contributed by atoms with Crippen molar-refractivity contribution in [1.29, 1.82) is 0 Å². The molecule has 1 heteroatoms. The summed E-state index contributed by atoms with van der Waals surface area (Å²) in [5, 5.41) is 0. The van der Waals surface area contributed by atoms with Crippen molar-refractivity contribution in [1.82, 2.24) is 0 Å². The van der Waals surface area contributed by atoms with Crippen LogP contribution in [0.4, 0.5) is 0 Å². The molecule has 1 aromatic rings. The average molecular weight is 298 g/mol. The monoisotopic (exact) mass is 298 g/mol. The Balaban J connectivity index is 1.71. The molecule has 1 fully saturated rings. The fraction of sp³-hybridized carbons (Fsp3) is 0.524. The number of benzene rings is 1. The highest BCUT2D eigenvalue weighted by atomic mass is 16.5. The number of ether oxygens (including phenoxy) is 1. The molecular formula is C21H30O. The largest absolute Gasteiger partial charge is 0.501 e. The van der Waals surface area contributed by atoms with Crippen molar-refractivity contribution < 1.29 is 4.74 Å². The number of unbranched alkanes of at least 4 members (excludes halogenated alkanes) is 4. The molecular weight excluding hydrogens is 268 g/mol. The van der Waals surface area contributed by atoms with Gasteiger partial charge in [0.15, 0.2) is 0 Å². The Bertz CT molecular complexity index is 470. The second-order valence-electron chi connectivity index (χ2n) is 6.18. The molecule has 1 saturated carbocycles. The smallest absolute Gasteiger partial charge is 0.0913 e. The van der Waals surface area contributed by atoms with Crippen LogP contribution in [-0.2, 0) is 11.2 Å². The third kappa shape index (κ3) is 6.09. The average Bonchev–Trinajstić information content (AvgIpc) is 3.00. The van der Waals surface area contributed by atoms with Crippen molar-refractivity contribution in [3.05, 3.63) is 59.4 Å². The van der Waals surface area contributed by atoms with E-state index in [1.54, 1.807) is 0 Å². The first-order valence-corrected chi connectivity index (χ1v) is 8.94. The maximum absolute atomic E-state index is 5.79. The third-order valence-electron chi connectivity index (χ3n) is 4.33. The maximum atomic E-state index is 5.79. The summed E-state index contributed by atoms with van der Waals surface area (Å²) in [5.74, 6) is 0. The minimum atomic E-state index is 0.775. The van der Waals surface area contributed by atoms with Crippen LogP contribution in [0, 0.1) is 0 Å². The molecule has 1 aliphatic rings. The van der Waals surface area contributed by atoms with E-state index >= 15 is 0 Å². The summed E-state index contributed by atoms with van der Waals surface area (Å²) in [6.07, 6.45) is 15.8. The summed E-state index contributed by atoms with van der Waals surface area (Å²) in [6.45, 7) is 3.04. The van der Waals surface area contributed by atoms with Gasteiger partial charge in [-0.15, -0.1) is 0 Å². The predicted molar refractivity (Wildman–Crippen MR) is 94.9 cm³/mol. The van der Waals surface area contributed by atoms with Gasteiger partial charge in [0.1, 0.15) is 0 Å². The number of hydrogen-bond donors (Lipinski definition) is 0. The van der Waals surface area contributed by atoms with E-state index in [1.165, 1.54) is 68.1 Å². The second-order valence-corrected chi connectivity index (χ2v) is 6.18. The lowest BCUT2D eigenvalue weighted by Gasteiger charge is -2.05. The van der Waals surface area contributed by atoms with Gasteiger partial charge in [0.2, 0.25) is 0 Å². The zero-order chi connectivity index (χ0) is 15.5. The highest BCUT2D eigenvalue weighted by Crippen LogP contribution is 2.30. The van der Waals surface area contributed by atoms with Crippen LogP contribution in [-0.4, -0.2) is 6.61 Å². The molecule has 0 radical (unpaired) electrons. The predicted octanol–water partition coefficient (Wildman–Crippen LogP) is 6.21. The third-order valence-corrected chi connectivity index (χ3v) is 4.33. The van der Waals surface area contributed by atoms with Gasteiger partial charge >= 0.3 is 0 Å². The first-order chi connectivity index (χ1) is 10.9. The van der Waals surface area contributed by atoms with Gasteiger partial charge in [-0.25, -0.2) is 0 Å². The Morgan fingerprint density at radius 3 is 2.64 bits per heavy atom. The minimum absolute atomic E-state index is 0.775. The van der Waals surface area contributed by atoms with Crippen LogP contribution in [0.1, 0.15) is 63.9 Å². The van der Waals surface area contributed by atoms with Gasteiger partial charge in [-0.3, -0.25) is 0 Å². The van der Waals surface area contributed by atoms with E-state index in [1.807, 2.05) is 6.26 Å². The first kappa shape index (κ1) is 16.9. The summed E-state index contributed by atoms with van der Waals surface area (Å²) in [5.41, 5.74) is 4.32. The van der Waals surface area contributed by atoms with Crippen LogP contribution >= 0.6 is 0 Å². The lowest BCUT2D eigenvalue weighted by molar-refractivity contribution is 0.251. The molecule has 1 nitrogen and oxygen atoms in total. The topological polar surface area (TPSA) is 9.23 Å². The van der Waals surface area contributed by atoms with Crippen molar-refractivity contribution in [2.75, 3.05) is 6.61 Å². The Kier molecular flexibility index (Phi) is 7.87. The number of hydrogen-bond acceptors (Lipinski definition) is 1. The minimum Gasteiger partial charge on any atom is -0.501 e. The van der Waals surface area contributed by atoms with Crippen LogP contribution in [0.25, 0.3) is 0 Å². The molecule has 1 aromatic carbocycles. The Morgan fingerprint density at radius 2 is 1.82 bits per heavy atom. The Morgan fingerprint density at radius 1 is 1.00 bits per heavy atom. The lowest BCUT2D eigenvalue weighted by atomic mass is 10.1. The molecule has 0 amide bonds. The van der Waals surface area contributed by atoms with E-state index in [0.717, 1.165) is 13.0 Å². The van der Waals surface area contributed by atoms with Gasteiger partial charge < -0.3 is 4.74 Å². The molecule has 0 unspecified atom stereocenters. The van der Waals surface area contributed by atoms with E-state index in [0.29, 0.717) is 0 Å². The molecule has 0 spiro atoms. The summed E-state index contributed by atoms with van der Waals surface area (Å²) in [4.78, 5) is 0. The quantitative estimate of drug-likeness (QED) is 0.389. The normalized spacial score (nSPS) is 18.2. The van der Waals surface area contributed by atoms with E-state index in [9.17, 15) is 0 Å². The van der Waals surface area contributed by atoms with E-state index in [-0.39, 0.29) is 0 Å². The molecule has 0 heterocycles. The first-order valence-electron chi connectivity index (χ1n) is 8.94. The molecule has 2 rings (SSSR count). The van der Waals surface area contributed by atoms with Gasteiger partial charge in [-0.1, -0.05) is 62.6 Å². The Labute approximate surface area is 136 Å². The zero-order valence-corrected chi connectivity index (χ0v) is 14.0. The van der Waals surface area contributed by atoms with Crippen LogP contribution in [0.2, 0.25) is 0 Å². The number of rotatable bonds is 9. The van der Waals surface area contributed by atoms with Crippen molar-refractivity contribution in [3.63, 3.8) is 0 Å². The standard InChI is InChI=1S/C21H30O/c1-2-3-4-5-9-13-20-14-10-15-21(20)18-22-17-16-19-11-7-6-8-12-19/h6-8,11-13,18H,2-5,9-10,14-17H2,1H3. The van der Waals surface area contributed by atoms with Gasteiger partial charge in [-0.05, 0) is 48.8 Å². The van der Waals surface area contributed by atoms with Crippen molar-refractivity contribution >= 4 is 0 Å². The second kappa shape index (κ2) is 10.3. The van der Waals surface area contributed by atoms with Gasteiger partial charge in [-0.2, -0.15) is 0 Å². The van der Waals surface area contributed by atoms with Gasteiger partial charge in [0.05, 0.1) is 12.9 Å². The molecule has 1 aliphatic carbocycles. The van der Waals surface area contributed by atoms with E-state index in [2.05, 4.69) is 43.3 Å². The summed E-state index contributed by atoms with van der Waals surface area (Å²) in [6, 6.07) is 10.6. The van der Waals surface area contributed by atoms with Gasteiger partial charge in [0.25, 0.3) is 0 Å². The fourth-order valence-corrected chi connectivity index (χ4v) is 2.99. The zero-order valence-electron chi connectivity index (χ0n) is 14.0. The lowest BCUT2D eigenvalue weighted by Crippen LogP contribution is -1.94. The maximum Gasteiger partial charge on any atom is 0.0913 e. The van der Waals surface area contributed by atoms with E-state index < -0.39 is 0 Å². The van der Waals surface area contributed by atoms with Crippen LogP contribution in [0.15, 0.2) is 53.8 Å². The van der Waals surface area contributed by atoms with Crippen molar-refractivity contribution in [3.8, 4) is 0 Å². The summed E-state index contributed by atoms with van der Waals surface area (Å²) >= 11 is 0. The number of allylic oxidation sites excluding steroid dienone is 3. The molecule has 0 aromatic heterocycles. The van der Waals surface area contributed by atoms with E-state index in [4.69, 9.17) is 4.74 Å². The molecule has 120 valence electrons. The fourth-order valence-electron chi connectivity index (χ4n) is 2.99. The van der Waals surface area contributed by atoms with Crippen LogP contribution in [0.5, 0.6) is 0 Å². The molecule has 0 atom stereocenters. The van der Waals surface area contributed by atoms with Crippen molar-refractivity contribution in [2.45, 2.75) is 64.7 Å². The molecule has 0 N–H and O–H groups in total. The molecule has 0 saturated heterocycles. The molecule has 0 bridgehead atoms. The van der Waals surface area contributed by atoms with Crippen molar-refractivity contribution in [2.24, 2.45) is 0 Å². The van der Waals surface area contributed by atoms with Crippen LogP contribution in [0.3, 0.4) is 0 Å². The molecule has 0 aliphatic heterocycles.